The van der Waals surface area contributed by atoms with E-state index < -0.39 is 0 Å². The molecule has 0 nitrogen and oxygen atoms in total. The summed E-state index contributed by atoms with van der Waals surface area (Å²) in [5.74, 6) is 5.83. The van der Waals surface area contributed by atoms with Crippen LogP contribution in [0.5, 0.6) is 0 Å². The summed E-state index contributed by atoms with van der Waals surface area (Å²) >= 11 is -0.198. The first-order valence-corrected chi connectivity index (χ1v) is 10.5. The summed E-state index contributed by atoms with van der Waals surface area (Å²) in [6.45, 7) is 19.6. The number of allylic oxidation sites excluding steroid dienone is 2. The Morgan fingerprint density at radius 3 is 2.22 bits per heavy atom. The van der Waals surface area contributed by atoms with Gasteiger partial charge in [-0.05, 0) is 41.7 Å². The van der Waals surface area contributed by atoms with Crippen LogP contribution in [0.15, 0.2) is 55.1 Å². The summed E-state index contributed by atoms with van der Waals surface area (Å²) in [5, 5.41) is 0. The molecule has 0 amide bonds. The zero-order chi connectivity index (χ0) is 17.4. The van der Waals surface area contributed by atoms with Crippen molar-refractivity contribution in [3.8, 4) is 9.85 Å². The molecule has 1 rings (SSSR count). The highest BCUT2D eigenvalue weighted by Gasteiger charge is 2.25. The highest BCUT2D eigenvalue weighted by Crippen LogP contribution is 2.32. The van der Waals surface area contributed by atoms with Crippen molar-refractivity contribution in [3.63, 3.8) is 0 Å². The molecule has 0 aliphatic rings. The molecular weight excluding hydrogens is 391 g/mol. The van der Waals surface area contributed by atoms with Crippen molar-refractivity contribution in [1.29, 1.82) is 0 Å². The first-order valence-electron chi connectivity index (χ1n) is 8.39. The highest BCUT2D eigenvalue weighted by molar-refractivity contribution is 5.12. The fourth-order valence-corrected chi connectivity index (χ4v) is 4.25. The van der Waals surface area contributed by atoms with Gasteiger partial charge in [-0.3, -0.25) is 0 Å². The van der Waals surface area contributed by atoms with E-state index in [4.69, 9.17) is 0 Å². The molecule has 0 aromatic heterocycles. The number of halogens is 1. The molecule has 1 aromatic carbocycles. The second kappa shape index (κ2) is 9.98. The Kier molecular flexibility index (Phi) is 8.69. The van der Waals surface area contributed by atoms with Crippen LogP contribution >= 0.6 is 0 Å². The lowest BCUT2D eigenvalue weighted by Crippen LogP contribution is -3.59. The van der Waals surface area contributed by atoms with Gasteiger partial charge < -0.3 is 0 Å². The monoisotopic (exact) mass is 421 g/mol. The van der Waals surface area contributed by atoms with E-state index in [0.29, 0.717) is 29.6 Å². The van der Waals surface area contributed by atoms with Crippen molar-refractivity contribution in [2.24, 2.45) is 29.6 Å². The van der Waals surface area contributed by atoms with Gasteiger partial charge in [-0.1, -0.05) is 71.0 Å². The standard InChI is InChI=1S/C22H30I/c1-8-16(2)18(4)20(6)21(7)19(5)17(3)14-15-23-22-12-10-9-11-13-22/h8-13,16-20H,1,7H2,2-6H3/q+1. The molecule has 0 saturated carbocycles. The van der Waals surface area contributed by atoms with Crippen LogP contribution in [0.1, 0.15) is 34.6 Å². The third-order valence-electron chi connectivity index (χ3n) is 5.08. The fourth-order valence-electron chi connectivity index (χ4n) is 2.51. The van der Waals surface area contributed by atoms with Crippen LogP contribution in [0.2, 0.25) is 0 Å². The number of rotatable bonds is 7. The summed E-state index contributed by atoms with van der Waals surface area (Å²) in [5.41, 5.74) is 1.32. The van der Waals surface area contributed by atoms with E-state index in [1.807, 2.05) is 6.08 Å². The normalized spacial score (nSPS) is 17.1. The van der Waals surface area contributed by atoms with Crippen LogP contribution in [0.3, 0.4) is 0 Å². The van der Waals surface area contributed by atoms with Crippen molar-refractivity contribution in [2.75, 3.05) is 0 Å². The van der Waals surface area contributed by atoms with Gasteiger partial charge in [0.1, 0.15) is 0 Å². The zero-order valence-electron chi connectivity index (χ0n) is 15.1. The summed E-state index contributed by atoms with van der Waals surface area (Å²) < 4.78 is 4.83. The molecule has 0 spiro atoms. The first-order chi connectivity index (χ1) is 10.9. The Morgan fingerprint density at radius 1 is 1.04 bits per heavy atom. The minimum atomic E-state index is -0.198. The molecule has 124 valence electrons. The van der Waals surface area contributed by atoms with Crippen LogP contribution in [0.4, 0.5) is 0 Å². The van der Waals surface area contributed by atoms with Gasteiger partial charge in [-0.25, -0.2) is 0 Å². The van der Waals surface area contributed by atoms with Gasteiger partial charge in [0.2, 0.25) is 3.57 Å². The van der Waals surface area contributed by atoms with Crippen LogP contribution in [0.25, 0.3) is 0 Å². The maximum Gasteiger partial charge on any atom is 0.419 e. The van der Waals surface area contributed by atoms with Crippen molar-refractivity contribution in [3.05, 3.63) is 58.7 Å². The number of benzene rings is 1. The second-order valence-electron chi connectivity index (χ2n) is 6.52. The minimum Gasteiger partial charge on any atom is -0.103 e. The molecule has 1 heteroatoms. The largest absolute Gasteiger partial charge is 0.419 e. The molecule has 0 saturated heterocycles. The predicted octanol–water partition coefficient (Wildman–Crippen LogP) is 2.83. The smallest absolute Gasteiger partial charge is 0.103 e. The third-order valence-corrected chi connectivity index (χ3v) is 7.00. The number of hydrogen-bond acceptors (Lipinski definition) is 0. The summed E-state index contributed by atoms with van der Waals surface area (Å²) in [4.78, 5) is 0. The Morgan fingerprint density at radius 2 is 1.65 bits per heavy atom. The van der Waals surface area contributed by atoms with Crippen LogP contribution < -0.4 is 21.2 Å². The average molecular weight is 421 g/mol. The van der Waals surface area contributed by atoms with Crippen molar-refractivity contribution in [1.82, 2.24) is 0 Å². The van der Waals surface area contributed by atoms with Crippen molar-refractivity contribution in [2.45, 2.75) is 34.6 Å². The van der Waals surface area contributed by atoms with Gasteiger partial charge in [-0.2, -0.15) is 0 Å². The van der Waals surface area contributed by atoms with Gasteiger partial charge in [-0.15, -0.1) is 6.58 Å². The molecule has 0 fully saturated rings. The maximum absolute atomic E-state index is 4.39. The van der Waals surface area contributed by atoms with Gasteiger partial charge in [0, 0.05) is 5.92 Å². The molecule has 0 aliphatic heterocycles. The molecular formula is C22H30I+. The molecule has 23 heavy (non-hydrogen) atoms. The fraction of sp³-hybridized carbons (Fsp3) is 0.455. The summed E-state index contributed by atoms with van der Waals surface area (Å²) in [6, 6.07) is 10.6. The highest BCUT2D eigenvalue weighted by atomic mass is 127. The topological polar surface area (TPSA) is 0 Å². The van der Waals surface area contributed by atoms with Gasteiger partial charge in [0.05, 0.1) is 0 Å². The first kappa shape index (κ1) is 20.0. The minimum absolute atomic E-state index is 0.198. The van der Waals surface area contributed by atoms with Crippen molar-refractivity contribution >= 4 is 0 Å². The van der Waals surface area contributed by atoms with E-state index in [-0.39, 0.29) is 21.2 Å². The van der Waals surface area contributed by atoms with E-state index >= 15 is 0 Å². The molecule has 0 N–H and O–H groups in total. The van der Waals surface area contributed by atoms with Gasteiger partial charge in [0.15, 0.2) is 3.93 Å². The molecule has 0 heterocycles. The molecule has 0 bridgehead atoms. The van der Waals surface area contributed by atoms with E-state index in [9.17, 15) is 0 Å². The Hall–Kier alpha value is -1.01. The lowest BCUT2D eigenvalue weighted by atomic mass is 9.75. The summed E-state index contributed by atoms with van der Waals surface area (Å²) in [7, 11) is 0. The molecule has 0 radical (unpaired) electrons. The maximum atomic E-state index is 4.39. The predicted molar refractivity (Wildman–Crippen MR) is 98.1 cm³/mol. The van der Waals surface area contributed by atoms with E-state index in [2.05, 4.69) is 88.0 Å². The average Bonchev–Trinajstić information content (AvgIpc) is 2.59. The Balaban J connectivity index is 2.63. The molecule has 1 aromatic rings. The Labute approximate surface area is 153 Å². The molecule has 0 aliphatic carbocycles. The summed E-state index contributed by atoms with van der Waals surface area (Å²) in [6.07, 6.45) is 2.05. The van der Waals surface area contributed by atoms with Gasteiger partial charge in [0.25, 0.3) is 0 Å². The lowest BCUT2D eigenvalue weighted by molar-refractivity contribution is -0.535. The molecule has 5 unspecified atom stereocenters. The third kappa shape index (κ3) is 6.18. The molecule has 5 atom stereocenters. The van der Waals surface area contributed by atoms with E-state index in [1.165, 1.54) is 9.14 Å². The van der Waals surface area contributed by atoms with Gasteiger partial charge >= 0.3 is 21.2 Å². The van der Waals surface area contributed by atoms with E-state index in [0.717, 1.165) is 0 Å². The Bertz CT molecular complexity index is 561. The quantitative estimate of drug-likeness (QED) is 0.361. The van der Waals surface area contributed by atoms with E-state index in [1.54, 1.807) is 0 Å². The van der Waals surface area contributed by atoms with Crippen molar-refractivity contribution < 1.29 is 21.2 Å². The second-order valence-corrected chi connectivity index (χ2v) is 8.85. The van der Waals surface area contributed by atoms with Crippen LogP contribution in [-0.4, -0.2) is 0 Å². The van der Waals surface area contributed by atoms with Crippen LogP contribution in [-0.2, 0) is 0 Å². The zero-order valence-corrected chi connectivity index (χ0v) is 17.3. The van der Waals surface area contributed by atoms with Crippen LogP contribution in [0, 0.1) is 43.0 Å². The lowest BCUT2D eigenvalue weighted by Gasteiger charge is -2.30. The SMILES string of the molecule is C=CC(C)C(C)C(C)C(=C)C(C)C(C)C#C[I+]c1ccccc1. The number of hydrogen-bond donors (Lipinski definition) is 0.